The Balaban J connectivity index is 2.44. The summed E-state index contributed by atoms with van der Waals surface area (Å²) < 4.78 is 0. The number of amides is 1. The van der Waals surface area contributed by atoms with Crippen LogP contribution >= 0.6 is 0 Å². The van der Waals surface area contributed by atoms with Crippen molar-refractivity contribution in [2.24, 2.45) is 0 Å². The smallest absolute Gasteiger partial charge is 0.282 e. The summed E-state index contributed by atoms with van der Waals surface area (Å²) in [5, 5.41) is 14.0. The Morgan fingerprint density at radius 2 is 1.95 bits per heavy atom. The molecule has 1 aromatic carbocycles. The summed E-state index contributed by atoms with van der Waals surface area (Å²) in [4.78, 5) is 28.3. The van der Waals surface area contributed by atoms with Crippen molar-refractivity contribution in [3.63, 3.8) is 0 Å². The van der Waals surface area contributed by atoms with Gasteiger partial charge in [0.25, 0.3) is 11.6 Å². The molecule has 1 heterocycles. The van der Waals surface area contributed by atoms with Crippen molar-refractivity contribution in [3.05, 3.63) is 58.4 Å². The van der Waals surface area contributed by atoms with Crippen molar-refractivity contribution in [3.8, 4) is 0 Å². The number of hydrogen-bond acceptors (Lipinski definition) is 5. The summed E-state index contributed by atoms with van der Waals surface area (Å²) in [7, 11) is 3.25. The van der Waals surface area contributed by atoms with E-state index in [1.165, 1.54) is 17.0 Å². The van der Waals surface area contributed by atoms with Crippen LogP contribution in [0.1, 0.15) is 10.4 Å². The van der Waals surface area contributed by atoms with Gasteiger partial charge in [0, 0.05) is 43.9 Å². The molecule has 0 bridgehead atoms. The molecule has 0 saturated carbocycles. The van der Waals surface area contributed by atoms with Crippen LogP contribution in [0.15, 0.2) is 42.7 Å². The third-order valence-electron chi connectivity index (χ3n) is 3.07. The monoisotopic (exact) mass is 286 g/mol. The van der Waals surface area contributed by atoms with Crippen LogP contribution in [0.25, 0.3) is 0 Å². The normalized spacial score (nSPS) is 10.0. The molecule has 21 heavy (non-hydrogen) atoms. The first kappa shape index (κ1) is 14.4. The Morgan fingerprint density at radius 1 is 1.29 bits per heavy atom. The average molecular weight is 286 g/mol. The largest absolute Gasteiger partial charge is 0.388 e. The van der Waals surface area contributed by atoms with Crippen molar-refractivity contribution in [1.29, 1.82) is 0 Å². The van der Waals surface area contributed by atoms with Gasteiger partial charge in [-0.25, -0.2) is 0 Å². The molecule has 0 aliphatic heterocycles. The highest BCUT2D eigenvalue weighted by molar-refractivity contribution is 6.08. The highest BCUT2D eigenvalue weighted by Gasteiger charge is 2.24. The summed E-state index contributed by atoms with van der Waals surface area (Å²) in [5.41, 5.74) is 1.05. The topological polar surface area (TPSA) is 88.4 Å². The van der Waals surface area contributed by atoms with E-state index in [1.807, 2.05) is 0 Å². The summed E-state index contributed by atoms with van der Waals surface area (Å²) in [6.45, 7) is 0. The lowest BCUT2D eigenvalue weighted by molar-refractivity contribution is -0.385. The Morgan fingerprint density at radius 3 is 2.52 bits per heavy atom. The van der Waals surface area contributed by atoms with Crippen LogP contribution < -0.4 is 10.2 Å². The molecule has 2 rings (SSSR count). The summed E-state index contributed by atoms with van der Waals surface area (Å²) >= 11 is 0. The van der Waals surface area contributed by atoms with Crippen LogP contribution in [0.2, 0.25) is 0 Å². The van der Waals surface area contributed by atoms with E-state index in [0.717, 1.165) is 0 Å². The van der Waals surface area contributed by atoms with Crippen LogP contribution in [-0.4, -0.2) is 29.9 Å². The Hall–Kier alpha value is -2.96. The van der Waals surface area contributed by atoms with Crippen molar-refractivity contribution in [2.45, 2.75) is 0 Å². The van der Waals surface area contributed by atoms with Gasteiger partial charge >= 0.3 is 0 Å². The Bertz CT molecular complexity index is 673. The minimum atomic E-state index is -0.562. The highest BCUT2D eigenvalue weighted by Crippen LogP contribution is 2.25. The quantitative estimate of drug-likeness (QED) is 0.688. The third kappa shape index (κ3) is 2.97. The summed E-state index contributed by atoms with van der Waals surface area (Å²) in [5.74, 6) is -0.454. The molecule has 0 unspecified atom stereocenters. The molecule has 0 aliphatic rings. The maximum absolute atomic E-state index is 12.5. The molecule has 0 radical (unpaired) electrons. The fourth-order valence-corrected chi connectivity index (χ4v) is 1.89. The Kier molecular flexibility index (Phi) is 4.13. The van der Waals surface area contributed by atoms with Gasteiger partial charge in [0.2, 0.25) is 0 Å². The lowest BCUT2D eigenvalue weighted by atomic mass is 10.1. The number of hydrogen-bond donors (Lipinski definition) is 1. The number of nitro benzene ring substituents is 1. The number of nitrogens with zero attached hydrogens (tertiary/aromatic N) is 3. The van der Waals surface area contributed by atoms with Gasteiger partial charge in [-0.1, -0.05) is 0 Å². The fourth-order valence-electron chi connectivity index (χ4n) is 1.89. The van der Waals surface area contributed by atoms with Crippen molar-refractivity contribution in [2.75, 3.05) is 24.3 Å². The molecule has 1 N–H and O–H groups in total. The maximum Gasteiger partial charge on any atom is 0.282 e. The molecule has 7 heteroatoms. The second-order valence-corrected chi connectivity index (χ2v) is 4.31. The van der Waals surface area contributed by atoms with E-state index in [2.05, 4.69) is 10.3 Å². The van der Waals surface area contributed by atoms with Crippen LogP contribution in [0, 0.1) is 10.1 Å². The van der Waals surface area contributed by atoms with Gasteiger partial charge in [-0.3, -0.25) is 19.9 Å². The van der Waals surface area contributed by atoms with Gasteiger partial charge in [-0.2, -0.15) is 0 Å². The molecule has 0 saturated heterocycles. The zero-order valence-corrected chi connectivity index (χ0v) is 11.6. The first-order valence-corrected chi connectivity index (χ1v) is 6.19. The number of carbonyl (C=O) groups is 1. The maximum atomic E-state index is 12.5. The van der Waals surface area contributed by atoms with E-state index in [0.29, 0.717) is 11.4 Å². The van der Waals surface area contributed by atoms with Gasteiger partial charge in [-0.05, 0) is 24.3 Å². The second kappa shape index (κ2) is 6.00. The van der Waals surface area contributed by atoms with Gasteiger partial charge < -0.3 is 10.2 Å². The SMILES string of the molecule is CNc1ccc([N+](=O)[O-])c(C(=O)N(C)c2ccncc2)c1. The standard InChI is InChI=1S/C14H14N4O3/c1-15-10-3-4-13(18(20)21)12(9-10)14(19)17(2)11-5-7-16-8-6-11/h3-9,15H,1-2H3. The van der Waals surface area contributed by atoms with Gasteiger partial charge in [0.05, 0.1) is 4.92 Å². The molecular weight excluding hydrogens is 272 g/mol. The molecule has 1 aromatic heterocycles. The van der Waals surface area contributed by atoms with E-state index in [9.17, 15) is 14.9 Å². The zero-order valence-electron chi connectivity index (χ0n) is 11.6. The third-order valence-corrected chi connectivity index (χ3v) is 3.07. The average Bonchev–Trinajstić information content (AvgIpc) is 2.53. The predicted molar refractivity (Wildman–Crippen MR) is 79.6 cm³/mol. The number of nitro groups is 1. The number of carbonyl (C=O) groups excluding carboxylic acids is 1. The van der Waals surface area contributed by atoms with Crippen molar-refractivity contribution in [1.82, 2.24) is 4.98 Å². The molecule has 0 fully saturated rings. The minimum Gasteiger partial charge on any atom is -0.388 e. The summed E-state index contributed by atoms with van der Waals surface area (Å²) in [6, 6.07) is 7.66. The first-order chi connectivity index (χ1) is 10.0. The second-order valence-electron chi connectivity index (χ2n) is 4.31. The number of aromatic nitrogens is 1. The van der Waals surface area contributed by atoms with Crippen molar-refractivity contribution >= 4 is 23.0 Å². The minimum absolute atomic E-state index is 0.0335. The Labute approximate surface area is 121 Å². The highest BCUT2D eigenvalue weighted by atomic mass is 16.6. The molecule has 108 valence electrons. The molecular formula is C14H14N4O3. The molecule has 0 atom stereocenters. The van der Waals surface area contributed by atoms with Crippen LogP contribution in [0.4, 0.5) is 17.1 Å². The zero-order chi connectivity index (χ0) is 15.4. The predicted octanol–water partition coefficient (Wildman–Crippen LogP) is 2.31. The molecule has 1 amide bonds. The molecule has 2 aromatic rings. The van der Waals surface area contributed by atoms with Crippen LogP contribution in [-0.2, 0) is 0 Å². The van der Waals surface area contributed by atoms with E-state index in [-0.39, 0.29) is 11.3 Å². The van der Waals surface area contributed by atoms with E-state index >= 15 is 0 Å². The number of pyridine rings is 1. The lowest BCUT2D eigenvalue weighted by Crippen LogP contribution is -2.27. The number of benzene rings is 1. The van der Waals surface area contributed by atoms with E-state index in [1.54, 1.807) is 44.7 Å². The molecule has 7 nitrogen and oxygen atoms in total. The lowest BCUT2D eigenvalue weighted by Gasteiger charge is -2.17. The van der Waals surface area contributed by atoms with Crippen LogP contribution in [0.3, 0.4) is 0 Å². The van der Waals surface area contributed by atoms with Gasteiger partial charge in [0.15, 0.2) is 0 Å². The van der Waals surface area contributed by atoms with Gasteiger partial charge in [-0.15, -0.1) is 0 Å². The number of rotatable bonds is 4. The number of anilines is 2. The molecule has 0 spiro atoms. The first-order valence-electron chi connectivity index (χ1n) is 6.19. The van der Waals surface area contributed by atoms with E-state index < -0.39 is 10.8 Å². The summed E-state index contributed by atoms with van der Waals surface area (Å²) in [6.07, 6.45) is 3.11. The van der Waals surface area contributed by atoms with Crippen molar-refractivity contribution < 1.29 is 9.72 Å². The fraction of sp³-hybridized carbons (Fsp3) is 0.143. The van der Waals surface area contributed by atoms with Gasteiger partial charge in [0.1, 0.15) is 5.56 Å². The van der Waals surface area contributed by atoms with E-state index in [4.69, 9.17) is 0 Å². The number of nitrogens with one attached hydrogen (secondary N) is 1. The molecule has 0 aliphatic carbocycles. The van der Waals surface area contributed by atoms with Crippen LogP contribution in [0.5, 0.6) is 0 Å².